The standard InChI is InChI=1S/C19H20F4N4O2/c20-17(21)14-3-1-13(2-4-14)10-29-18(28)27-8-6-15(19(22,23)11-27)9-25-16-5-7-24-12-26-16/h1-5,7,12,15,17H,6,8-11H2,(H,24,25,26). The van der Waals surface area contributed by atoms with Gasteiger partial charge in [0.2, 0.25) is 0 Å². The third kappa shape index (κ3) is 5.55. The second kappa shape index (κ2) is 9.06. The third-order valence-electron chi connectivity index (χ3n) is 4.71. The van der Waals surface area contributed by atoms with Crippen molar-refractivity contribution < 1.29 is 27.1 Å². The monoisotopic (exact) mass is 412 g/mol. The summed E-state index contributed by atoms with van der Waals surface area (Å²) in [5.74, 6) is -3.59. The molecule has 1 aliphatic rings. The van der Waals surface area contributed by atoms with Crippen LogP contribution in [0.15, 0.2) is 42.9 Å². The van der Waals surface area contributed by atoms with Crippen molar-refractivity contribution >= 4 is 11.9 Å². The molecular formula is C19H20F4N4O2. The Morgan fingerprint density at radius 1 is 1.28 bits per heavy atom. The summed E-state index contributed by atoms with van der Waals surface area (Å²) >= 11 is 0. The maximum atomic E-state index is 14.5. The Balaban J connectivity index is 1.49. The van der Waals surface area contributed by atoms with Crippen LogP contribution < -0.4 is 5.32 Å². The molecule has 0 spiro atoms. The first kappa shape index (κ1) is 20.8. The van der Waals surface area contributed by atoms with Gasteiger partial charge in [0.05, 0.1) is 6.54 Å². The van der Waals surface area contributed by atoms with Gasteiger partial charge in [-0.05, 0) is 18.1 Å². The molecule has 1 saturated heterocycles. The SMILES string of the molecule is O=C(OCc1ccc(C(F)F)cc1)N1CCC(CNc2ccncn2)C(F)(F)C1. The van der Waals surface area contributed by atoms with Crippen LogP contribution in [0.4, 0.5) is 28.2 Å². The van der Waals surface area contributed by atoms with Crippen molar-refractivity contribution in [2.24, 2.45) is 5.92 Å². The van der Waals surface area contributed by atoms with Gasteiger partial charge in [0.15, 0.2) is 0 Å². The molecular weight excluding hydrogens is 392 g/mol. The Bertz CT molecular complexity index is 806. The van der Waals surface area contributed by atoms with Crippen LogP contribution in [-0.2, 0) is 11.3 Å². The lowest BCUT2D eigenvalue weighted by Gasteiger charge is -2.37. The molecule has 0 aliphatic carbocycles. The average molecular weight is 412 g/mol. The van der Waals surface area contributed by atoms with Crippen molar-refractivity contribution in [3.05, 3.63) is 54.0 Å². The number of hydrogen-bond acceptors (Lipinski definition) is 5. The van der Waals surface area contributed by atoms with Gasteiger partial charge in [-0.15, -0.1) is 0 Å². The Kier molecular flexibility index (Phi) is 6.50. The summed E-state index contributed by atoms with van der Waals surface area (Å²) in [5.41, 5.74) is 0.357. The van der Waals surface area contributed by atoms with E-state index in [2.05, 4.69) is 15.3 Å². The minimum absolute atomic E-state index is 0.0172. The number of carbonyl (C=O) groups is 1. The molecule has 1 aliphatic heterocycles. The smallest absolute Gasteiger partial charge is 0.410 e. The number of anilines is 1. The first-order valence-electron chi connectivity index (χ1n) is 9.01. The summed E-state index contributed by atoms with van der Waals surface area (Å²) in [4.78, 5) is 20.8. The molecule has 1 fully saturated rings. The van der Waals surface area contributed by atoms with Crippen molar-refractivity contribution in [2.45, 2.75) is 25.4 Å². The number of rotatable bonds is 6. The van der Waals surface area contributed by atoms with Gasteiger partial charge >= 0.3 is 6.09 Å². The van der Waals surface area contributed by atoms with Crippen LogP contribution >= 0.6 is 0 Å². The number of nitrogens with zero attached hydrogens (tertiary/aromatic N) is 3. The van der Waals surface area contributed by atoms with Crippen LogP contribution in [0, 0.1) is 5.92 Å². The van der Waals surface area contributed by atoms with Gasteiger partial charge in [0.1, 0.15) is 18.8 Å². The summed E-state index contributed by atoms with van der Waals surface area (Å²) in [6.45, 7) is -0.770. The fourth-order valence-corrected chi connectivity index (χ4v) is 3.01. The maximum Gasteiger partial charge on any atom is 0.410 e. The molecule has 0 saturated carbocycles. The number of piperidine rings is 1. The number of carbonyl (C=O) groups excluding carboxylic acids is 1. The zero-order valence-electron chi connectivity index (χ0n) is 15.4. The maximum absolute atomic E-state index is 14.5. The summed E-state index contributed by atoms with van der Waals surface area (Å²) in [6, 6.07) is 6.87. The topological polar surface area (TPSA) is 67.3 Å². The van der Waals surface area contributed by atoms with E-state index in [1.165, 1.54) is 36.8 Å². The number of aromatic nitrogens is 2. The van der Waals surface area contributed by atoms with E-state index in [0.717, 1.165) is 4.90 Å². The van der Waals surface area contributed by atoms with Gasteiger partial charge in [0, 0.05) is 30.8 Å². The predicted octanol–water partition coefficient (Wildman–Crippen LogP) is 4.12. The molecule has 2 heterocycles. The molecule has 0 radical (unpaired) electrons. The molecule has 1 aromatic carbocycles. The van der Waals surface area contributed by atoms with Gasteiger partial charge in [0.25, 0.3) is 12.3 Å². The van der Waals surface area contributed by atoms with E-state index in [0.29, 0.717) is 11.4 Å². The molecule has 1 N–H and O–H groups in total. The highest BCUT2D eigenvalue weighted by atomic mass is 19.3. The van der Waals surface area contributed by atoms with E-state index in [1.807, 2.05) is 0 Å². The number of halogens is 4. The first-order valence-corrected chi connectivity index (χ1v) is 9.01. The third-order valence-corrected chi connectivity index (χ3v) is 4.71. The van der Waals surface area contributed by atoms with Crippen molar-refractivity contribution in [3.8, 4) is 0 Å². The first-order chi connectivity index (χ1) is 13.8. The van der Waals surface area contributed by atoms with E-state index in [4.69, 9.17) is 4.74 Å². The second-order valence-electron chi connectivity index (χ2n) is 6.74. The van der Waals surface area contributed by atoms with Gasteiger partial charge in [-0.2, -0.15) is 0 Å². The lowest BCUT2D eigenvalue weighted by Crippen LogP contribution is -2.52. The van der Waals surface area contributed by atoms with Crippen LogP contribution in [0.3, 0.4) is 0 Å². The molecule has 156 valence electrons. The van der Waals surface area contributed by atoms with E-state index >= 15 is 0 Å². The highest BCUT2D eigenvalue weighted by Crippen LogP contribution is 2.33. The molecule has 29 heavy (non-hydrogen) atoms. The Morgan fingerprint density at radius 3 is 2.66 bits per heavy atom. The summed E-state index contributed by atoms with van der Waals surface area (Å²) in [5, 5.41) is 2.85. The highest BCUT2D eigenvalue weighted by molar-refractivity contribution is 5.68. The minimum Gasteiger partial charge on any atom is -0.445 e. The lowest BCUT2D eigenvalue weighted by molar-refractivity contribution is -0.101. The van der Waals surface area contributed by atoms with Crippen molar-refractivity contribution in [1.29, 1.82) is 0 Å². The largest absolute Gasteiger partial charge is 0.445 e. The predicted molar refractivity (Wildman–Crippen MR) is 96.7 cm³/mol. The number of hydrogen-bond donors (Lipinski definition) is 1. The normalized spacial score (nSPS) is 18.5. The molecule has 0 bridgehead atoms. The molecule has 10 heteroatoms. The number of ether oxygens (including phenoxy) is 1. The van der Waals surface area contributed by atoms with Gasteiger partial charge in [-0.25, -0.2) is 32.3 Å². The van der Waals surface area contributed by atoms with Crippen molar-refractivity contribution in [2.75, 3.05) is 25.0 Å². The lowest BCUT2D eigenvalue weighted by atomic mass is 9.93. The van der Waals surface area contributed by atoms with Crippen LogP contribution in [0.25, 0.3) is 0 Å². The fraction of sp³-hybridized carbons (Fsp3) is 0.421. The molecule has 3 rings (SSSR count). The zero-order chi connectivity index (χ0) is 20.9. The number of alkyl halides is 4. The molecule has 1 atom stereocenters. The van der Waals surface area contributed by atoms with Crippen LogP contribution in [-0.4, -0.2) is 46.5 Å². The van der Waals surface area contributed by atoms with Gasteiger partial charge in [-0.3, -0.25) is 0 Å². The highest BCUT2D eigenvalue weighted by Gasteiger charge is 2.46. The molecule has 1 unspecified atom stereocenters. The average Bonchev–Trinajstić information content (AvgIpc) is 2.71. The Labute approximate surface area is 164 Å². The summed E-state index contributed by atoms with van der Waals surface area (Å²) in [7, 11) is 0. The van der Waals surface area contributed by atoms with Gasteiger partial charge < -0.3 is 15.0 Å². The summed E-state index contributed by atoms with van der Waals surface area (Å²) in [6.07, 6.45) is -0.514. The molecule has 6 nitrogen and oxygen atoms in total. The van der Waals surface area contributed by atoms with E-state index in [1.54, 1.807) is 6.07 Å². The molecule has 1 aromatic heterocycles. The van der Waals surface area contributed by atoms with Crippen LogP contribution in [0.5, 0.6) is 0 Å². The molecule has 2 aromatic rings. The summed E-state index contributed by atoms with van der Waals surface area (Å²) < 4.78 is 59.1. The van der Waals surface area contributed by atoms with Crippen molar-refractivity contribution in [1.82, 2.24) is 14.9 Å². The minimum atomic E-state index is -3.09. The number of benzene rings is 1. The number of likely N-dealkylation sites (tertiary alicyclic amines) is 1. The van der Waals surface area contributed by atoms with E-state index in [9.17, 15) is 22.4 Å². The quantitative estimate of drug-likeness (QED) is 0.723. The zero-order valence-corrected chi connectivity index (χ0v) is 15.4. The second-order valence-corrected chi connectivity index (χ2v) is 6.74. The van der Waals surface area contributed by atoms with E-state index in [-0.39, 0.29) is 31.7 Å². The van der Waals surface area contributed by atoms with Crippen LogP contribution in [0.1, 0.15) is 24.0 Å². The van der Waals surface area contributed by atoms with E-state index < -0.39 is 30.9 Å². The fourth-order valence-electron chi connectivity index (χ4n) is 3.01. The van der Waals surface area contributed by atoms with Crippen LogP contribution in [0.2, 0.25) is 0 Å². The Hall–Kier alpha value is -2.91. The van der Waals surface area contributed by atoms with Crippen molar-refractivity contribution in [3.63, 3.8) is 0 Å². The number of amides is 1. The van der Waals surface area contributed by atoms with Gasteiger partial charge in [-0.1, -0.05) is 24.3 Å². The Morgan fingerprint density at radius 2 is 2.03 bits per heavy atom. The molecule has 1 amide bonds. The number of nitrogens with one attached hydrogen (secondary N) is 1.